The lowest BCUT2D eigenvalue weighted by Crippen LogP contribution is -2.41. The number of ether oxygens (including phenoxy) is 3. The van der Waals surface area contributed by atoms with Gasteiger partial charge >= 0.3 is 0 Å². The molecule has 3 nitrogen and oxygen atoms in total. The van der Waals surface area contributed by atoms with Crippen molar-refractivity contribution in [2.75, 3.05) is 20.3 Å². The number of hydrogen-bond acceptors (Lipinski definition) is 3. The normalized spacial score (nSPS) is 46.5. The summed E-state index contributed by atoms with van der Waals surface area (Å²) in [6.45, 7) is 3.54. The smallest absolute Gasteiger partial charge is 0.161 e. The largest absolute Gasteiger partial charge is 0.382 e. The third-order valence-corrected chi connectivity index (χ3v) is 2.80. The summed E-state index contributed by atoms with van der Waals surface area (Å²) in [6, 6.07) is 0. The molecule has 2 aliphatic heterocycles. The lowest BCUT2D eigenvalue weighted by Gasteiger charge is -2.33. The average Bonchev–Trinajstić information content (AvgIpc) is 2.41. The summed E-state index contributed by atoms with van der Waals surface area (Å²) in [4.78, 5) is 0. The standard InChI is InChI=1S/C9H16O3/c1-7-3-4-9(5-10-2)6-11-8(7)12-9/h7-8H,3-6H2,1-2H3/t7-,8+,9+/m1/s1. The van der Waals surface area contributed by atoms with Crippen LogP contribution in [0.1, 0.15) is 19.8 Å². The van der Waals surface area contributed by atoms with E-state index in [0.717, 1.165) is 6.42 Å². The van der Waals surface area contributed by atoms with Gasteiger partial charge in [-0.2, -0.15) is 0 Å². The Kier molecular flexibility index (Phi) is 2.10. The molecule has 0 spiro atoms. The Hall–Kier alpha value is -0.120. The zero-order valence-corrected chi connectivity index (χ0v) is 7.71. The van der Waals surface area contributed by atoms with Crippen LogP contribution in [0.5, 0.6) is 0 Å². The average molecular weight is 172 g/mol. The molecule has 0 aromatic rings. The van der Waals surface area contributed by atoms with Gasteiger partial charge in [-0.3, -0.25) is 0 Å². The first-order valence-electron chi connectivity index (χ1n) is 4.54. The lowest BCUT2D eigenvalue weighted by atomic mass is 9.92. The van der Waals surface area contributed by atoms with Gasteiger partial charge in [0, 0.05) is 13.0 Å². The quantitative estimate of drug-likeness (QED) is 0.626. The van der Waals surface area contributed by atoms with E-state index in [-0.39, 0.29) is 11.9 Å². The minimum absolute atomic E-state index is 0.0221. The van der Waals surface area contributed by atoms with E-state index in [9.17, 15) is 0 Å². The van der Waals surface area contributed by atoms with Gasteiger partial charge in [0.25, 0.3) is 0 Å². The summed E-state index contributed by atoms with van der Waals surface area (Å²) in [5, 5.41) is 0. The fourth-order valence-corrected chi connectivity index (χ4v) is 2.00. The van der Waals surface area contributed by atoms with Crippen molar-refractivity contribution < 1.29 is 14.2 Å². The maximum absolute atomic E-state index is 5.79. The molecule has 2 bridgehead atoms. The van der Waals surface area contributed by atoms with E-state index in [1.54, 1.807) is 7.11 Å². The van der Waals surface area contributed by atoms with Crippen LogP contribution in [-0.4, -0.2) is 32.2 Å². The molecule has 0 N–H and O–H groups in total. The van der Waals surface area contributed by atoms with Crippen LogP contribution in [0.15, 0.2) is 0 Å². The Labute approximate surface area is 73.0 Å². The van der Waals surface area contributed by atoms with Crippen LogP contribution in [0.4, 0.5) is 0 Å². The summed E-state index contributed by atoms with van der Waals surface area (Å²) in [7, 11) is 1.71. The molecule has 12 heavy (non-hydrogen) atoms. The van der Waals surface area contributed by atoms with Gasteiger partial charge < -0.3 is 14.2 Å². The highest BCUT2D eigenvalue weighted by molar-refractivity contribution is 4.91. The Bertz CT molecular complexity index is 171. The first-order chi connectivity index (χ1) is 5.76. The van der Waals surface area contributed by atoms with Crippen molar-refractivity contribution in [2.24, 2.45) is 5.92 Å². The van der Waals surface area contributed by atoms with Crippen molar-refractivity contribution in [3.63, 3.8) is 0 Å². The van der Waals surface area contributed by atoms with Gasteiger partial charge in [0.2, 0.25) is 0 Å². The van der Waals surface area contributed by atoms with Crippen LogP contribution in [-0.2, 0) is 14.2 Å². The molecule has 2 saturated heterocycles. The Morgan fingerprint density at radius 1 is 1.58 bits per heavy atom. The molecule has 0 aromatic heterocycles. The van der Waals surface area contributed by atoms with Gasteiger partial charge in [-0.25, -0.2) is 0 Å². The first-order valence-corrected chi connectivity index (χ1v) is 4.54. The molecule has 2 fully saturated rings. The second kappa shape index (κ2) is 2.98. The fraction of sp³-hybridized carbons (Fsp3) is 1.00. The van der Waals surface area contributed by atoms with Crippen molar-refractivity contribution in [3.8, 4) is 0 Å². The molecule has 3 heteroatoms. The molecule has 2 heterocycles. The second-order valence-corrected chi connectivity index (χ2v) is 3.93. The molecule has 0 aliphatic carbocycles. The van der Waals surface area contributed by atoms with Crippen LogP contribution in [0.3, 0.4) is 0 Å². The Balaban J connectivity index is 2.03. The van der Waals surface area contributed by atoms with Gasteiger partial charge in [-0.05, 0) is 12.8 Å². The maximum atomic E-state index is 5.79. The van der Waals surface area contributed by atoms with Crippen LogP contribution < -0.4 is 0 Å². The maximum Gasteiger partial charge on any atom is 0.161 e. The van der Waals surface area contributed by atoms with E-state index < -0.39 is 0 Å². The second-order valence-electron chi connectivity index (χ2n) is 3.93. The summed E-state index contributed by atoms with van der Waals surface area (Å²) in [5.74, 6) is 0.539. The van der Waals surface area contributed by atoms with Crippen LogP contribution in [0, 0.1) is 5.92 Å². The molecule has 0 amide bonds. The monoisotopic (exact) mass is 172 g/mol. The Morgan fingerprint density at radius 3 is 3.17 bits per heavy atom. The number of methoxy groups -OCH3 is 1. The SMILES string of the molecule is COC[C@@]12CC[C@@H](C)[C@@H](OC1)O2. The van der Waals surface area contributed by atoms with E-state index in [1.165, 1.54) is 6.42 Å². The predicted molar refractivity (Wildman–Crippen MR) is 43.8 cm³/mol. The topological polar surface area (TPSA) is 27.7 Å². The molecule has 0 radical (unpaired) electrons. The van der Waals surface area contributed by atoms with E-state index in [1.807, 2.05) is 0 Å². The number of hydrogen-bond donors (Lipinski definition) is 0. The van der Waals surface area contributed by atoms with Crippen molar-refractivity contribution in [1.82, 2.24) is 0 Å². The molecule has 2 aliphatic rings. The van der Waals surface area contributed by atoms with E-state index >= 15 is 0 Å². The van der Waals surface area contributed by atoms with Crippen molar-refractivity contribution in [1.29, 1.82) is 0 Å². The molecule has 70 valence electrons. The van der Waals surface area contributed by atoms with Gasteiger partial charge in [0.15, 0.2) is 6.29 Å². The van der Waals surface area contributed by atoms with E-state index in [4.69, 9.17) is 14.2 Å². The van der Waals surface area contributed by atoms with Crippen LogP contribution in [0.25, 0.3) is 0 Å². The third-order valence-electron chi connectivity index (χ3n) is 2.80. The molecule has 0 aromatic carbocycles. The van der Waals surface area contributed by atoms with Crippen molar-refractivity contribution >= 4 is 0 Å². The summed E-state index contributed by atoms with van der Waals surface area (Å²) in [6.07, 6.45) is 2.28. The highest BCUT2D eigenvalue weighted by atomic mass is 16.7. The van der Waals surface area contributed by atoms with Crippen LogP contribution >= 0.6 is 0 Å². The molecule has 0 saturated carbocycles. The molecule has 2 rings (SSSR count). The summed E-state index contributed by atoms with van der Waals surface area (Å²) in [5.41, 5.74) is -0.119. The van der Waals surface area contributed by atoms with Gasteiger partial charge in [0.05, 0.1) is 13.2 Å². The predicted octanol–water partition coefficient (Wildman–Crippen LogP) is 1.17. The third kappa shape index (κ3) is 1.26. The van der Waals surface area contributed by atoms with Crippen LogP contribution in [0.2, 0.25) is 0 Å². The van der Waals surface area contributed by atoms with Crippen molar-refractivity contribution in [3.05, 3.63) is 0 Å². The zero-order chi connectivity index (χ0) is 8.60. The summed E-state index contributed by atoms with van der Waals surface area (Å²) < 4.78 is 16.5. The zero-order valence-electron chi connectivity index (χ0n) is 7.71. The van der Waals surface area contributed by atoms with Crippen molar-refractivity contribution in [2.45, 2.75) is 31.7 Å². The fourth-order valence-electron chi connectivity index (χ4n) is 2.00. The first kappa shape index (κ1) is 8.48. The van der Waals surface area contributed by atoms with Gasteiger partial charge in [0.1, 0.15) is 5.60 Å². The number of fused-ring (bicyclic) bond motifs is 2. The van der Waals surface area contributed by atoms with E-state index in [2.05, 4.69) is 6.92 Å². The minimum atomic E-state index is -0.119. The highest BCUT2D eigenvalue weighted by Gasteiger charge is 2.47. The molecular weight excluding hydrogens is 156 g/mol. The lowest BCUT2D eigenvalue weighted by molar-refractivity contribution is -0.162. The molecular formula is C9H16O3. The highest BCUT2D eigenvalue weighted by Crippen LogP contribution is 2.39. The van der Waals surface area contributed by atoms with E-state index in [0.29, 0.717) is 19.1 Å². The Morgan fingerprint density at radius 2 is 2.42 bits per heavy atom. The minimum Gasteiger partial charge on any atom is -0.382 e. The summed E-state index contributed by atoms with van der Waals surface area (Å²) >= 11 is 0. The van der Waals surface area contributed by atoms with Gasteiger partial charge in [-0.1, -0.05) is 6.92 Å². The molecule has 0 unspecified atom stereocenters. The van der Waals surface area contributed by atoms with Gasteiger partial charge in [-0.15, -0.1) is 0 Å². The molecule has 3 atom stereocenters. The number of rotatable bonds is 2.